The number of carbonyl (C=O) groups excluding carboxylic acids is 1. The van der Waals surface area contributed by atoms with Gasteiger partial charge in [0.25, 0.3) is 5.91 Å². The lowest BCUT2D eigenvalue weighted by atomic mass is 10.2. The Kier molecular flexibility index (Phi) is 5.73. The van der Waals surface area contributed by atoms with Crippen LogP contribution in [0.3, 0.4) is 0 Å². The molecule has 6 nitrogen and oxygen atoms in total. The number of rotatable bonds is 5. The predicted octanol–water partition coefficient (Wildman–Crippen LogP) is 2.67. The molecular formula is C20H27N5O. The van der Waals surface area contributed by atoms with E-state index in [0.29, 0.717) is 5.69 Å². The van der Waals surface area contributed by atoms with Gasteiger partial charge in [-0.3, -0.25) is 4.79 Å². The number of amides is 1. The van der Waals surface area contributed by atoms with Gasteiger partial charge in [-0.1, -0.05) is 6.92 Å². The van der Waals surface area contributed by atoms with Crippen LogP contribution < -0.4 is 10.2 Å². The van der Waals surface area contributed by atoms with Crippen LogP contribution in [0.1, 0.15) is 17.4 Å². The van der Waals surface area contributed by atoms with Crippen LogP contribution in [0.2, 0.25) is 0 Å². The Labute approximate surface area is 155 Å². The molecule has 1 aromatic carbocycles. The maximum Gasteiger partial charge on any atom is 0.272 e. The van der Waals surface area contributed by atoms with Crippen molar-refractivity contribution in [3.63, 3.8) is 0 Å². The molecule has 0 radical (unpaired) electrons. The van der Waals surface area contributed by atoms with Gasteiger partial charge < -0.3 is 20.0 Å². The fourth-order valence-corrected chi connectivity index (χ4v) is 3.03. The lowest BCUT2D eigenvalue weighted by molar-refractivity contribution is 0.0637. The second-order valence-corrected chi connectivity index (χ2v) is 6.72. The first-order chi connectivity index (χ1) is 12.6. The monoisotopic (exact) mass is 353 g/mol. The number of anilines is 3. The normalized spacial score (nSPS) is 15.0. The molecule has 3 rings (SSSR count). The number of likely N-dealkylation sites (N-methyl/N-ethyl adjacent to an activating group) is 1. The van der Waals surface area contributed by atoms with E-state index in [1.165, 1.54) is 0 Å². The van der Waals surface area contributed by atoms with Crippen molar-refractivity contribution in [3.8, 4) is 0 Å². The van der Waals surface area contributed by atoms with Crippen molar-refractivity contribution in [2.24, 2.45) is 0 Å². The summed E-state index contributed by atoms with van der Waals surface area (Å²) >= 11 is 0. The summed E-state index contributed by atoms with van der Waals surface area (Å²) in [7, 11) is 4.04. The van der Waals surface area contributed by atoms with E-state index in [1.54, 1.807) is 12.3 Å². The van der Waals surface area contributed by atoms with Crippen LogP contribution in [0, 0.1) is 0 Å². The van der Waals surface area contributed by atoms with Gasteiger partial charge in [0, 0.05) is 51.6 Å². The highest BCUT2D eigenvalue weighted by atomic mass is 16.2. The third-order valence-corrected chi connectivity index (χ3v) is 4.76. The van der Waals surface area contributed by atoms with E-state index < -0.39 is 0 Å². The summed E-state index contributed by atoms with van der Waals surface area (Å²) in [4.78, 5) is 23.2. The van der Waals surface area contributed by atoms with Gasteiger partial charge in [-0.15, -0.1) is 0 Å². The van der Waals surface area contributed by atoms with Gasteiger partial charge in [0.1, 0.15) is 5.69 Å². The molecule has 0 spiro atoms. The number of carbonyl (C=O) groups is 1. The molecule has 0 atom stereocenters. The molecule has 6 heteroatoms. The molecule has 1 N–H and O–H groups in total. The minimum atomic E-state index is 0.0163. The Bertz CT molecular complexity index is 719. The van der Waals surface area contributed by atoms with Crippen molar-refractivity contribution in [2.45, 2.75) is 6.92 Å². The highest BCUT2D eigenvalue weighted by Crippen LogP contribution is 2.20. The zero-order valence-electron chi connectivity index (χ0n) is 15.8. The fraction of sp³-hybridized carbons (Fsp3) is 0.400. The van der Waals surface area contributed by atoms with Crippen LogP contribution in [-0.2, 0) is 0 Å². The van der Waals surface area contributed by atoms with Crippen LogP contribution in [0.25, 0.3) is 0 Å². The molecule has 0 unspecified atom stereocenters. The van der Waals surface area contributed by atoms with E-state index >= 15 is 0 Å². The van der Waals surface area contributed by atoms with Crippen molar-refractivity contribution in [1.82, 2.24) is 14.8 Å². The SMILES string of the molecule is CCN1CCN(C(=O)c2ccc(Nc3ccc(N(C)C)cc3)cn2)CC1. The summed E-state index contributed by atoms with van der Waals surface area (Å²) in [6.07, 6.45) is 1.72. The summed E-state index contributed by atoms with van der Waals surface area (Å²) in [6.45, 7) is 6.60. The third kappa shape index (κ3) is 4.32. The van der Waals surface area contributed by atoms with E-state index in [-0.39, 0.29) is 5.91 Å². The summed E-state index contributed by atoms with van der Waals surface area (Å²) < 4.78 is 0. The average Bonchev–Trinajstić information content (AvgIpc) is 2.68. The molecule has 0 bridgehead atoms. The van der Waals surface area contributed by atoms with E-state index in [0.717, 1.165) is 49.8 Å². The number of benzene rings is 1. The van der Waals surface area contributed by atoms with Crippen molar-refractivity contribution in [3.05, 3.63) is 48.3 Å². The molecule has 0 saturated carbocycles. The quantitative estimate of drug-likeness (QED) is 0.896. The summed E-state index contributed by atoms with van der Waals surface area (Å²) in [5.41, 5.74) is 3.52. The van der Waals surface area contributed by atoms with E-state index in [2.05, 4.69) is 39.2 Å². The van der Waals surface area contributed by atoms with Gasteiger partial charge in [0.2, 0.25) is 0 Å². The maximum atomic E-state index is 12.6. The minimum absolute atomic E-state index is 0.0163. The third-order valence-electron chi connectivity index (χ3n) is 4.76. The van der Waals surface area contributed by atoms with Gasteiger partial charge in [-0.25, -0.2) is 4.98 Å². The van der Waals surface area contributed by atoms with Gasteiger partial charge in [-0.2, -0.15) is 0 Å². The summed E-state index contributed by atoms with van der Waals surface area (Å²) in [5.74, 6) is 0.0163. The lowest BCUT2D eigenvalue weighted by Crippen LogP contribution is -2.48. The molecule has 1 saturated heterocycles. The molecule has 1 aromatic heterocycles. The van der Waals surface area contributed by atoms with E-state index in [1.807, 2.05) is 37.2 Å². The second-order valence-electron chi connectivity index (χ2n) is 6.72. The van der Waals surface area contributed by atoms with Gasteiger partial charge in [0.15, 0.2) is 0 Å². The second kappa shape index (κ2) is 8.19. The first-order valence-corrected chi connectivity index (χ1v) is 9.09. The van der Waals surface area contributed by atoms with E-state index in [4.69, 9.17) is 0 Å². The first kappa shape index (κ1) is 18.2. The topological polar surface area (TPSA) is 51.7 Å². The summed E-state index contributed by atoms with van der Waals surface area (Å²) in [5, 5.41) is 3.32. The Balaban J connectivity index is 1.60. The van der Waals surface area contributed by atoms with Crippen molar-refractivity contribution in [1.29, 1.82) is 0 Å². The number of nitrogens with one attached hydrogen (secondary N) is 1. The lowest BCUT2D eigenvalue weighted by Gasteiger charge is -2.33. The molecule has 0 aliphatic carbocycles. The van der Waals surface area contributed by atoms with Crippen molar-refractivity contribution >= 4 is 23.0 Å². The van der Waals surface area contributed by atoms with Gasteiger partial charge in [-0.05, 0) is 42.9 Å². The van der Waals surface area contributed by atoms with Crippen LogP contribution in [0.15, 0.2) is 42.6 Å². The highest BCUT2D eigenvalue weighted by Gasteiger charge is 2.21. The smallest absolute Gasteiger partial charge is 0.272 e. The van der Waals surface area contributed by atoms with Gasteiger partial charge >= 0.3 is 0 Å². The fourth-order valence-electron chi connectivity index (χ4n) is 3.03. The zero-order valence-corrected chi connectivity index (χ0v) is 15.8. The number of nitrogens with zero attached hydrogens (tertiary/aromatic N) is 4. The number of hydrogen-bond donors (Lipinski definition) is 1. The molecular weight excluding hydrogens is 326 g/mol. The predicted molar refractivity (Wildman–Crippen MR) is 106 cm³/mol. The van der Waals surface area contributed by atoms with Crippen molar-refractivity contribution < 1.29 is 4.79 Å². The Hall–Kier alpha value is -2.60. The largest absolute Gasteiger partial charge is 0.378 e. The van der Waals surface area contributed by atoms with Crippen molar-refractivity contribution in [2.75, 3.05) is 57.0 Å². The zero-order chi connectivity index (χ0) is 18.5. The molecule has 1 amide bonds. The first-order valence-electron chi connectivity index (χ1n) is 9.09. The maximum absolute atomic E-state index is 12.6. The van der Waals surface area contributed by atoms with Crippen LogP contribution >= 0.6 is 0 Å². The number of hydrogen-bond acceptors (Lipinski definition) is 5. The molecule has 138 valence electrons. The average molecular weight is 353 g/mol. The van der Waals surface area contributed by atoms with Crippen LogP contribution in [0.5, 0.6) is 0 Å². The Morgan fingerprint density at radius 2 is 1.69 bits per heavy atom. The molecule has 1 fully saturated rings. The number of aromatic nitrogens is 1. The molecule has 26 heavy (non-hydrogen) atoms. The standard InChI is InChI=1S/C20H27N5O/c1-4-24-11-13-25(14-12-24)20(26)19-10-7-17(15-21-19)22-16-5-8-18(9-6-16)23(2)3/h5-10,15,22H,4,11-14H2,1-3H3. The molecule has 2 heterocycles. The minimum Gasteiger partial charge on any atom is -0.378 e. The number of piperazine rings is 1. The number of pyridine rings is 1. The molecule has 2 aromatic rings. The molecule has 1 aliphatic rings. The summed E-state index contributed by atoms with van der Waals surface area (Å²) in [6, 6.07) is 11.9. The van der Waals surface area contributed by atoms with Crippen LogP contribution in [0.4, 0.5) is 17.1 Å². The highest BCUT2D eigenvalue weighted by molar-refractivity contribution is 5.92. The van der Waals surface area contributed by atoms with Crippen LogP contribution in [-0.4, -0.2) is 67.5 Å². The Morgan fingerprint density at radius 3 is 2.23 bits per heavy atom. The Morgan fingerprint density at radius 1 is 1.04 bits per heavy atom. The molecule has 1 aliphatic heterocycles. The van der Waals surface area contributed by atoms with E-state index in [9.17, 15) is 4.79 Å². The van der Waals surface area contributed by atoms with Gasteiger partial charge in [0.05, 0.1) is 11.9 Å².